The molecule has 0 saturated heterocycles. The second kappa shape index (κ2) is 8.05. The van der Waals surface area contributed by atoms with E-state index in [9.17, 15) is 9.59 Å². The van der Waals surface area contributed by atoms with E-state index in [0.29, 0.717) is 21.4 Å². The maximum Gasteiger partial charge on any atom is 0.273 e. The number of fused-ring (bicyclic) bond motifs is 3. The summed E-state index contributed by atoms with van der Waals surface area (Å²) in [5.41, 5.74) is 2.46. The molecule has 156 valence electrons. The number of carbonyl (C=O) groups is 1. The van der Waals surface area contributed by atoms with E-state index in [1.165, 1.54) is 23.1 Å². The largest absolute Gasteiger partial charge is 0.467 e. The summed E-state index contributed by atoms with van der Waals surface area (Å²) in [7, 11) is 0. The maximum absolute atomic E-state index is 13.0. The van der Waals surface area contributed by atoms with Gasteiger partial charge in [-0.05, 0) is 42.6 Å². The summed E-state index contributed by atoms with van der Waals surface area (Å²) in [5, 5.41) is 13.8. The number of furan rings is 1. The number of aromatic nitrogens is 4. The monoisotopic (exact) mass is 451 g/mol. The quantitative estimate of drug-likeness (QED) is 0.395. The number of thiophene rings is 1. The van der Waals surface area contributed by atoms with Crippen LogP contribution in [0, 0.1) is 6.92 Å². The Morgan fingerprint density at radius 2 is 2.03 bits per heavy atom. The number of hydrogen-bond acceptors (Lipinski definition) is 7. The molecule has 1 amide bonds. The average Bonchev–Trinajstić information content (AvgIpc) is 3.51. The summed E-state index contributed by atoms with van der Waals surface area (Å²) in [5.74, 6) is 1.08. The van der Waals surface area contributed by atoms with Crippen LogP contribution in [0.15, 0.2) is 68.5 Å². The molecule has 1 aromatic carbocycles. The van der Waals surface area contributed by atoms with Crippen LogP contribution in [-0.2, 0) is 11.3 Å². The van der Waals surface area contributed by atoms with Gasteiger partial charge >= 0.3 is 0 Å². The molecule has 0 unspecified atom stereocenters. The van der Waals surface area contributed by atoms with Crippen molar-refractivity contribution >= 4 is 50.7 Å². The van der Waals surface area contributed by atoms with Gasteiger partial charge in [0.1, 0.15) is 10.5 Å². The molecule has 0 aliphatic carbocycles. The van der Waals surface area contributed by atoms with Crippen molar-refractivity contribution in [3.8, 4) is 0 Å². The van der Waals surface area contributed by atoms with E-state index in [4.69, 9.17) is 4.42 Å². The molecule has 0 aliphatic rings. The minimum absolute atomic E-state index is 0.143. The number of amides is 1. The summed E-state index contributed by atoms with van der Waals surface area (Å²) < 4.78 is 9.38. The Kier molecular flexibility index (Phi) is 5.08. The standard InChI is InChI=1S/C21H17N5O3S2/c1-13-4-6-14(7-5-13)22-17(27)12-31-21-24-23-20-25(11-15-3-2-9-29-15)19(28)18-16(26(20)21)8-10-30-18/h2-10H,11-12H2,1H3,(H,22,27). The van der Waals surface area contributed by atoms with Gasteiger partial charge in [0.25, 0.3) is 5.56 Å². The fraction of sp³-hybridized carbons (Fsp3) is 0.143. The number of thioether (sulfide) groups is 1. The SMILES string of the molecule is Cc1ccc(NC(=O)CSc2nnc3n(Cc4ccco4)c(=O)c4sccc4n23)cc1. The molecular weight excluding hydrogens is 434 g/mol. The number of carbonyl (C=O) groups excluding carboxylic acids is 1. The van der Waals surface area contributed by atoms with E-state index in [2.05, 4.69) is 15.5 Å². The molecule has 1 N–H and O–H groups in total. The van der Waals surface area contributed by atoms with E-state index in [-0.39, 0.29) is 23.8 Å². The van der Waals surface area contributed by atoms with Gasteiger partial charge in [0.05, 0.1) is 24.1 Å². The molecule has 0 aliphatic heterocycles. The summed E-state index contributed by atoms with van der Waals surface area (Å²) in [4.78, 5) is 25.4. The molecule has 0 atom stereocenters. The predicted molar refractivity (Wildman–Crippen MR) is 121 cm³/mol. The molecular formula is C21H17N5O3S2. The Morgan fingerprint density at radius 1 is 1.19 bits per heavy atom. The van der Waals surface area contributed by atoms with Crippen LogP contribution < -0.4 is 10.9 Å². The van der Waals surface area contributed by atoms with Crippen molar-refractivity contribution in [2.45, 2.75) is 18.6 Å². The molecule has 0 saturated carbocycles. The molecule has 0 bridgehead atoms. The summed E-state index contributed by atoms with van der Waals surface area (Å²) >= 11 is 2.64. The molecule has 5 aromatic rings. The number of anilines is 1. The van der Waals surface area contributed by atoms with Gasteiger partial charge in [-0.2, -0.15) is 0 Å². The first-order valence-corrected chi connectivity index (χ1v) is 11.3. The summed E-state index contributed by atoms with van der Waals surface area (Å²) in [6, 6.07) is 13.1. The molecule has 31 heavy (non-hydrogen) atoms. The van der Waals surface area contributed by atoms with Gasteiger partial charge in [0.2, 0.25) is 11.7 Å². The average molecular weight is 452 g/mol. The molecule has 8 nitrogen and oxygen atoms in total. The van der Waals surface area contributed by atoms with Gasteiger partial charge in [0.15, 0.2) is 5.16 Å². The lowest BCUT2D eigenvalue weighted by Gasteiger charge is -2.08. The maximum atomic E-state index is 13.0. The van der Waals surface area contributed by atoms with Gasteiger partial charge in [0, 0.05) is 5.69 Å². The lowest BCUT2D eigenvalue weighted by Crippen LogP contribution is -2.23. The lowest BCUT2D eigenvalue weighted by atomic mass is 10.2. The number of aryl methyl sites for hydroxylation is 1. The molecule has 5 rings (SSSR count). The highest BCUT2D eigenvalue weighted by Crippen LogP contribution is 2.25. The smallest absolute Gasteiger partial charge is 0.273 e. The van der Waals surface area contributed by atoms with Gasteiger partial charge in [-0.3, -0.25) is 18.6 Å². The summed E-state index contributed by atoms with van der Waals surface area (Å²) in [6.45, 7) is 2.24. The first-order valence-electron chi connectivity index (χ1n) is 9.47. The third-order valence-electron chi connectivity index (χ3n) is 4.74. The van der Waals surface area contributed by atoms with Crippen LogP contribution in [0.3, 0.4) is 0 Å². The van der Waals surface area contributed by atoms with Gasteiger partial charge < -0.3 is 9.73 Å². The fourth-order valence-corrected chi connectivity index (χ4v) is 4.82. The topological polar surface area (TPSA) is 94.4 Å². The Bertz CT molecular complexity index is 1430. The van der Waals surface area contributed by atoms with Crippen LogP contribution in [0.1, 0.15) is 11.3 Å². The van der Waals surface area contributed by atoms with E-state index in [0.717, 1.165) is 16.8 Å². The zero-order valence-electron chi connectivity index (χ0n) is 16.4. The van der Waals surface area contributed by atoms with E-state index in [1.54, 1.807) is 16.9 Å². The van der Waals surface area contributed by atoms with Crippen LogP contribution in [0.25, 0.3) is 16.0 Å². The highest BCUT2D eigenvalue weighted by atomic mass is 32.2. The summed E-state index contributed by atoms with van der Waals surface area (Å²) in [6.07, 6.45) is 1.57. The van der Waals surface area contributed by atoms with Crippen LogP contribution in [-0.4, -0.2) is 30.8 Å². The van der Waals surface area contributed by atoms with Gasteiger partial charge in [-0.25, -0.2) is 0 Å². The van der Waals surface area contributed by atoms with Crippen LogP contribution in [0.5, 0.6) is 0 Å². The normalized spacial score (nSPS) is 11.4. The Hall–Kier alpha value is -3.37. The minimum Gasteiger partial charge on any atom is -0.467 e. The third kappa shape index (κ3) is 3.75. The highest BCUT2D eigenvalue weighted by molar-refractivity contribution is 7.99. The second-order valence-electron chi connectivity index (χ2n) is 6.93. The molecule has 4 heterocycles. The van der Waals surface area contributed by atoms with Crippen LogP contribution >= 0.6 is 23.1 Å². The zero-order valence-corrected chi connectivity index (χ0v) is 18.1. The number of nitrogens with one attached hydrogen (secondary N) is 1. The van der Waals surface area contributed by atoms with Gasteiger partial charge in [-0.1, -0.05) is 29.5 Å². The second-order valence-corrected chi connectivity index (χ2v) is 8.79. The molecule has 0 spiro atoms. The van der Waals surface area contributed by atoms with Crippen LogP contribution in [0.2, 0.25) is 0 Å². The van der Waals surface area contributed by atoms with E-state index >= 15 is 0 Å². The van der Waals surface area contributed by atoms with Crippen molar-refractivity contribution in [3.05, 3.63) is 75.8 Å². The van der Waals surface area contributed by atoms with Gasteiger partial charge in [-0.15, -0.1) is 21.5 Å². The highest BCUT2D eigenvalue weighted by Gasteiger charge is 2.19. The minimum atomic E-state index is -0.144. The fourth-order valence-electron chi connectivity index (χ4n) is 3.26. The molecule has 0 fully saturated rings. The Labute approximate surface area is 184 Å². The van der Waals surface area contributed by atoms with Crippen molar-refractivity contribution in [1.82, 2.24) is 19.2 Å². The molecule has 4 aromatic heterocycles. The lowest BCUT2D eigenvalue weighted by molar-refractivity contribution is -0.113. The Balaban J connectivity index is 1.46. The van der Waals surface area contributed by atoms with E-state index < -0.39 is 0 Å². The van der Waals surface area contributed by atoms with Crippen molar-refractivity contribution in [2.75, 3.05) is 11.1 Å². The van der Waals surface area contributed by atoms with Crippen molar-refractivity contribution < 1.29 is 9.21 Å². The number of hydrogen-bond donors (Lipinski definition) is 1. The first-order chi connectivity index (χ1) is 15.1. The van der Waals surface area contributed by atoms with Crippen LogP contribution in [0.4, 0.5) is 5.69 Å². The number of rotatable bonds is 6. The van der Waals surface area contributed by atoms with Crippen molar-refractivity contribution in [3.63, 3.8) is 0 Å². The first kappa shape index (κ1) is 19.6. The van der Waals surface area contributed by atoms with Crippen molar-refractivity contribution in [1.29, 1.82) is 0 Å². The Morgan fingerprint density at radius 3 is 2.81 bits per heavy atom. The zero-order chi connectivity index (χ0) is 21.4. The predicted octanol–water partition coefficient (Wildman–Crippen LogP) is 3.79. The van der Waals surface area contributed by atoms with Crippen molar-refractivity contribution in [2.24, 2.45) is 0 Å². The molecule has 10 heteroatoms. The van der Waals surface area contributed by atoms with E-state index in [1.807, 2.05) is 53.1 Å². The third-order valence-corrected chi connectivity index (χ3v) is 6.56. The molecule has 0 radical (unpaired) electrons. The number of benzene rings is 1. The number of nitrogens with zero attached hydrogens (tertiary/aromatic N) is 4.